The summed E-state index contributed by atoms with van der Waals surface area (Å²) < 4.78 is 1.44. The average Bonchev–Trinajstić information content (AvgIpc) is 3.33. The van der Waals surface area contributed by atoms with Crippen molar-refractivity contribution in [2.75, 3.05) is 5.32 Å². The van der Waals surface area contributed by atoms with Crippen molar-refractivity contribution in [3.63, 3.8) is 0 Å². The van der Waals surface area contributed by atoms with E-state index in [2.05, 4.69) is 25.8 Å². The molecule has 28 heavy (non-hydrogen) atoms. The highest BCUT2D eigenvalue weighted by Crippen LogP contribution is 2.25. The topological polar surface area (TPSA) is 85.6 Å². The minimum Gasteiger partial charge on any atom is -0.300 e. The van der Waals surface area contributed by atoms with Crippen LogP contribution in [0.1, 0.15) is 5.56 Å². The van der Waals surface area contributed by atoms with Gasteiger partial charge in [0.25, 0.3) is 0 Å². The Kier molecular flexibility index (Phi) is 5.14. The van der Waals surface area contributed by atoms with Gasteiger partial charge in [-0.2, -0.15) is 0 Å². The highest BCUT2D eigenvalue weighted by Gasteiger charge is 2.14. The van der Waals surface area contributed by atoms with Gasteiger partial charge in [0.1, 0.15) is 6.54 Å². The van der Waals surface area contributed by atoms with Crippen molar-refractivity contribution in [1.82, 2.24) is 25.2 Å². The van der Waals surface area contributed by atoms with E-state index in [1.54, 1.807) is 24.3 Å². The Balaban J connectivity index is 1.45. The average molecular weight is 411 g/mol. The fourth-order valence-corrected chi connectivity index (χ4v) is 3.46. The number of aryl methyl sites for hydroxylation is 1. The number of amides is 1. The molecule has 0 bridgehead atoms. The summed E-state index contributed by atoms with van der Waals surface area (Å²) in [6, 6.07) is 15.2. The van der Waals surface area contributed by atoms with Crippen molar-refractivity contribution in [2.45, 2.75) is 13.5 Å². The zero-order chi connectivity index (χ0) is 19.5. The van der Waals surface area contributed by atoms with Crippen molar-refractivity contribution in [1.29, 1.82) is 0 Å². The van der Waals surface area contributed by atoms with Gasteiger partial charge in [-0.3, -0.25) is 4.79 Å². The van der Waals surface area contributed by atoms with Gasteiger partial charge >= 0.3 is 0 Å². The standard InChI is InChI=1S/C19H15ClN6OS/c1-12-2-4-13(5-3-12)16-11-28-19(21-16)22-17(27)10-26-18(23-24-25-26)14-6-8-15(20)9-7-14/h2-9,11H,10H2,1H3,(H,21,22,27). The number of thiazole rings is 1. The lowest BCUT2D eigenvalue weighted by Gasteiger charge is -2.05. The van der Waals surface area contributed by atoms with E-state index >= 15 is 0 Å². The molecular formula is C19H15ClN6OS. The molecule has 4 rings (SSSR count). The van der Waals surface area contributed by atoms with Crippen LogP contribution >= 0.6 is 22.9 Å². The van der Waals surface area contributed by atoms with Gasteiger partial charge in [0.2, 0.25) is 5.91 Å². The van der Waals surface area contributed by atoms with Crippen molar-refractivity contribution in [3.05, 3.63) is 64.5 Å². The number of nitrogens with one attached hydrogen (secondary N) is 1. The predicted octanol–water partition coefficient (Wildman–Crippen LogP) is 4.06. The molecule has 0 saturated heterocycles. The predicted molar refractivity (Wildman–Crippen MR) is 109 cm³/mol. The summed E-state index contributed by atoms with van der Waals surface area (Å²) in [7, 11) is 0. The number of benzene rings is 2. The van der Waals surface area contributed by atoms with Crippen LogP contribution in [0.15, 0.2) is 53.9 Å². The summed E-state index contributed by atoms with van der Waals surface area (Å²) >= 11 is 7.29. The molecule has 140 valence electrons. The Labute approximate surface area is 170 Å². The molecule has 0 unspecified atom stereocenters. The van der Waals surface area contributed by atoms with Crippen LogP contribution in [-0.2, 0) is 11.3 Å². The Morgan fingerprint density at radius 2 is 1.82 bits per heavy atom. The maximum Gasteiger partial charge on any atom is 0.248 e. The molecule has 0 radical (unpaired) electrons. The molecule has 1 N–H and O–H groups in total. The van der Waals surface area contributed by atoms with Gasteiger partial charge < -0.3 is 5.32 Å². The van der Waals surface area contributed by atoms with Gasteiger partial charge in [0.05, 0.1) is 5.69 Å². The van der Waals surface area contributed by atoms with Crippen LogP contribution in [0.25, 0.3) is 22.6 Å². The summed E-state index contributed by atoms with van der Waals surface area (Å²) in [6.07, 6.45) is 0. The zero-order valence-corrected chi connectivity index (χ0v) is 16.4. The second-order valence-electron chi connectivity index (χ2n) is 6.12. The van der Waals surface area contributed by atoms with Gasteiger partial charge in [-0.05, 0) is 41.6 Å². The quantitative estimate of drug-likeness (QED) is 0.536. The van der Waals surface area contributed by atoms with Crippen LogP contribution < -0.4 is 5.32 Å². The third kappa shape index (κ3) is 4.08. The number of carbonyl (C=O) groups excluding carboxylic acids is 1. The monoisotopic (exact) mass is 410 g/mol. The molecule has 7 nitrogen and oxygen atoms in total. The van der Waals surface area contributed by atoms with Gasteiger partial charge in [0.15, 0.2) is 11.0 Å². The largest absolute Gasteiger partial charge is 0.300 e. The number of rotatable bonds is 5. The van der Waals surface area contributed by atoms with E-state index in [1.165, 1.54) is 21.6 Å². The Morgan fingerprint density at radius 3 is 2.57 bits per heavy atom. The molecule has 2 aromatic carbocycles. The lowest BCUT2D eigenvalue weighted by Crippen LogP contribution is -2.20. The summed E-state index contributed by atoms with van der Waals surface area (Å²) in [5.41, 5.74) is 3.79. The number of anilines is 1. The molecule has 4 aromatic rings. The Bertz CT molecular complexity index is 1100. The highest BCUT2D eigenvalue weighted by molar-refractivity contribution is 7.14. The van der Waals surface area contributed by atoms with Crippen LogP contribution in [-0.4, -0.2) is 31.1 Å². The van der Waals surface area contributed by atoms with E-state index < -0.39 is 0 Å². The molecule has 0 saturated carbocycles. The molecule has 0 atom stereocenters. The first kappa shape index (κ1) is 18.3. The van der Waals surface area contributed by atoms with E-state index in [4.69, 9.17) is 11.6 Å². The lowest BCUT2D eigenvalue weighted by atomic mass is 10.1. The molecule has 1 amide bonds. The van der Waals surface area contributed by atoms with Crippen molar-refractivity contribution >= 4 is 34.0 Å². The number of nitrogens with zero attached hydrogens (tertiary/aromatic N) is 5. The first-order valence-electron chi connectivity index (χ1n) is 8.43. The van der Waals surface area contributed by atoms with Crippen molar-refractivity contribution in [2.24, 2.45) is 0 Å². The molecular weight excluding hydrogens is 396 g/mol. The van der Waals surface area contributed by atoms with E-state index in [9.17, 15) is 4.79 Å². The second kappa shape index (κ2) is 7.87. The number of tetrazole rings is 1. The first-order valence-corrected chi connectivity index (χ1v) is 9.69. The van der Waals surface area contributed by atoms with Crippen molar-refractivity contribution in [3.8, 4) is 22.6 Å². The maximum absolute atomic E-state index is 12.4. The molecule has 2 aromatic heterocycles. The molecule has 0 fully saturated rings. The summed E-state index contributed by atoms with van der Waals surface area (Å²) in [5.74, 6) is 0.235. The zero-order valence-electron chi connectivity index (χ0n) is 14.8. The third-order valence-electron chi connectivity index (χ3n) is 4.03. The smallest absolute Gasteiger partial charge is 0.248 e. The van der Waals surface area contributed by atoms with E-state index in [-0.39, 0.29) is 12.5 Å². The molecule has 0 aliphatic rings. The van der Waals surface area contributed by atoms with Crippen LogP contribution in [0.4, 0.5) is 5.13 Å². The molecule has 0 spiro atoms. The number of carbonyl (C=O) groups is 1. The molecule has 0 aliphatic heterocycles. The van der Waals surface area contributed by atoms with E-state index in [0.717, 1.165) is 16.8 Å². The number of hydrogen-bond donors (Lipinski definition) is 1. The van der Waals surface area contributed by atoms with Gasteiger partial charge in [-0.1, -0.05) is 41.4 Å². The molecule has 9 heteroatoms. The van der Waals surface area contributed by atoms with Crippen molar-refractivity contribution < 1.29 is 4.79 Å². The fraction of sp³-hybridized carbons (Fsp3) is 0.105. The molecule has 0 aliphatic carbocycles. The molecule has 2 heterocycles. The lowest BCUT2D eigenvalue weighted by molar-refractivity contribution is -0.116. The fourth-order valence-electron chi connectivity index (χ4n) is 2.60. The SMILES string of the molecule is Cc1ccc(-c2csc(NC(=O)Cn3nnnc3-c3ccc(Cl)cc3)n2)cc1. The maximum atomic E-state index is 12.4. The van der Waals surface area contributed by atoms with Gasteiger partial charge in [-0.15, -0.1) is 16.4 Å². The van der Waals surface area contributed by atoms with Crippen LogP contribution in [0.2, 0.25) is 5.02 Å². The number of halogens is 1. The normalized spacial score (nSPS) is 10.8. The highest BCUT2D eigenvalue weighted by atomic mass is 35.5. The minimum absolute atomic E-state index is 0.0234. The summed E-state index contributed by atoms with van der Waals surface area (Å²) in [5, 5.41) is 17.4. The minimum atomic E-state index is -0.257. The van der Waals surface area contributed by atoms with Gasteiger partial charge in [-0.25, -0.2) is 9.67 Å². The summed E-state index contributed by atoms with van der Waals surface area (Å²) in [6.45, 7) is 2.01. The van der Waals surface area contributed by atoms with E-state index in [0.29, 0.717) is 16.0 Å². The first-order chi connectivity index (χ1) is 13.6. The van der Waals surface area contributed by atoms with Crippen LogP contribution in [0.3, 0.4) is 0 Å². The third-order valence-corrected chi connectivity index (χ3v) is 5.04. The van der Waals surface area contributed by atoms with Gasteiger partial charge in [0, 0.05) is 21.5 Å². The number of hydrogen-bond acceptors (Lipinski definition) is 6. The Hall–Kier alpha value is -3.10. The number of aromatic nitrogens is 5. The Morgan fingerprint density at radius 1 is 1.11 bits per heavy atom. The van der Waals surface area contributed by atoms with Crippen LogP contribution in [0.5, 0.6) is 0 Å². The summed E-state index contributed by atoms with van der Waals surface area (Å²) in [4.78, 5) is 16.9. The van der Waals surface area contributed by atoms with E-state index in [1.807, 2.05) is 36.6 Å². The van der Waals surface area contributed by atoms with Crippen LogP contribution in [0, 0.1) is 6.92 Å². The second-order valence-corrected chi connectivity index (χ2v) is 7.41.